The lowest BCUT2D eigenvalue weighted by Gasteiger charge is -2.14. The maximum Gasteiger partial charge on any atom is 0.275 e. The Balaban J connectivity index is 1.86. The van der Waals surface area contributed by atoms with E-state index in [9.17, 15) is 18.0 Å². The van der Waals surface area contributed by atoms with Crippen molar-refractivity contribution < 1.29 is 13.2 Å². The fraction of sp³-hybridized carbons (Fsp3) is 0.211. The lowest BCUT2D eigenvalue weighted by Crippen LogP contribution is -2.29. The Morgan fingerprint density at radius 1 is 1.18 bits per heavy atom. The van der Waals surface area contributed by atoms with Gasteiger partial charge in [0, 0.05) is 25.2 Å². The number of fused-ring (bicyclic) bond motifs is 1. The standard InChI is InChI=1S/C19H20N4O4S/c1-13-8-9-15(28(26,27)22(2)3)10-17(13)21-18(24)12-23-19(25)16-7-5-4-6-14(16)11-20-23/h4-11H,12H2,1-3H3,(H,21,24). The van der Waals surface area contributed by atoms with Gasteiger partial charge in [-0.3, -0.25) is 9.59 Å². The SMILES string of the molecule is Cc1ccc(S(=O)(=O)N(C)C)cc1NC(=O)Cn1ncc2ccccc2c1=O. The first kappa shape index (κ1) is 19.7. The minimum Gasteiger partial charge on any atom is -0.324 e. The van der Waals surface area contributed by atoms with E-state index in [1.807, 2.05) is 0 Å². The summed E-state index contributed by atoms with van der Waals surface area (Å²) < 4.78 is 26.8. The Hall–Kier alpha value is -3.04. The number of sulfonamides is 1. The second-order valence-electron chi connectivity index (χ2n) is 6.51. The van der Waals surface area contributed by atoms with Gasteiger partial charge in [-0.2, -0.15) is 5.10 Å². The summed E-state index contributed by atoms with van der Waals surface area (Å²) in [7, 11) is -0.756. The molecule has 0 aliphatic carbocycles. The fourth-order valence-electron chi connectivity index (χ4n) is 2.67. The van der Waals surface area contributed by atoms with Crippen molar-refractivity contribution in [1.82, 2.24) is 14.1 Å². The Morgan fingerprint density at radius 2 is 1.89 bits per heavy atom. The highest BCUT2D eigenvalue weighted by Crippen LogP contribution is 2.22. The van der Waals surface area contributed by atoms with Crippen LogP contribution in [0.25, 0.3) is 10.8 Å². The van der Waals surface area contributed by atoms with Crippen molar-refractivity contribution in [2.75, 3.05) is 19.4 Å². The lowest BCUT2D eigenvalue weighted by molar-refractivity contribution is -0.117. The van der Waals surface area contributed by atoms with E-state index in [1.54, 1.807) is 37.3 Å². The van der Waals surface area contributed by atoms with E-state index in [2.05, 4.69) is 10.4 Å². The number of nitrogens with zero attached hydrogens (tertiary/aromatic N) is 3. The average molecular weight is 400 g/mol. The summed E-state index contributed by atoms with van der Waals surface area (Å²) in [6.07, 6.45) is 1.53. The first-order valence-corrected chi connectivity index (χ1v) is 9.92. The van der Waals surface area contributed by atoms with Crippen molar-refractivity contribution in [2.24, 2.45) is 0 Å². The third-order valence-corrected chi connectivity index (χ3v) is 6.13. The van der Waals surface area contributed by atoms with Crippen molar-refractivity contribution in [3.63, 3.8) is 0 Å². The summed E-state index contributed by atoms with van der Waals surface area (Å²) in [6.45, 7) is 1.47. The van der Waals surface area contributed by atoms with Crippen molar-refractivity contribution >= 4 is 32.4 Å². The van der Waals surface area contributed by atoms with Crippen molar-refractivity contribution in [2.45, 2.75) is 18.4 Å². The van der Waals surface area contributed by atoms with E-state index < -0.39 is 15.9 Å². The largest absolute Gasteiger partial charge is 0.324 e. The molecule has 0 bridgehead atoms. The second-order valence-corrected chi connectivity index (χ2v) is 8.66. The number of benzene rings is 2. The number of anilines is 1. The Morgan fingerprint density at radius 3 is 2.61 bits per heavy atom. The molecule has 0 saturated carbocycles. The third kappa shape index (κ3) is 3.80. The number of hydrogen-bond acceptors (Lipinski definition) is 5. The van der Waals surface area contributed by atoms with Gasteiger partial charge in [0.25, 0.3) is 5.56 Å². The molecule has 1 aromatic heterocycles. The van der Waals surface area contributed by atoms with Gasteiger partial charge in [-0.05, 0) is 30.7 Å². The van der Waals surface area contributed by atoms with Gasteiger partial charge in [-0.15, -0.1) is 0 Å². The number of aromatic nitrogens is 2. The number of hydrogen-bond donors (Lipinski definition) is 1. The molecule has 9 heteroatoms. The van der Waals surface area contributed by atoms with Crippen molar-refractivity contribution in [1.29, 1.82) is 0 Å². The Bertz CT molecular complexity index is 1220. The summed E-state index contributed by atoms with van der Waals surface area (Å²) in [5.41, 5.74) is 0.695. The van der Waals surface area contributed by atoms with Gasteiger partial charge in [0.1, 0.15) is 6.54 Å². The summed E-state index contributed by atoms with van der Waals surface area (Å²) in [5.74, 6) is -0.479. The predicted octanol–water partition coefficient (Wildman–Crippen LogP) is 1.59. The van der Waals surface area contributed by atoms with Crippen LogP contribution in [-0.2, 0) is 21.4 Å². The lowest BCUT2D eigenvalue weighted by atomic mass is 10.2. The van der Waals surface area contributed by atoms with Crippen molar-refractivity contribution in [3.05, 3.63) is 64.6 Å². The molecule has 8 nitrogen and oxygen atoms in total. The predicted molar refractivity (Wildman–Crippen MR) is 107 cm³/mol. The zero-order valence-electron chi connectivity index (χ0n) is 15.7. The molecule has 3 aromatic rings. The molecular weight excluding hydrogens is 380 g/mol. The number of carbonyl (C=O) groups excluding carboxylic acids is 1. The van der Waals surface area contributed by atoms with E-state index in [4.69, 9.17) is 0 Å². The maximum atomic E-state index is 12.5. The van der Waals surface area contributed by atoms with Gasteiger partial charge in [0.05, 0.1) is 16.5 Å². The summed E-state index contributed by atoms with van der Waals surface area (Å²) in [4.78, 5) is 25.0. The van der Waals surface area contributed by atoms with Crippen LogP contribution >= 0.6 is 0 Å². The van der Waals surface area contributed by atoms with Gasteiger partial charge in [0.15, 0.2) is 0 Å². The van der Waals surface area contributed by atoms with E-state index >= 15 is 0 Å². The van der Waals surface area contributed by atoms with Gasteiger partial charge in [0.2, 0.25) is 15.9 Å². The fourth-order valence-corrected chi connectivity index (χ4v) is 3.60. The molecule has 1 heterocycles. The van der Waals surface area contributed by atoms with Crippen LogP contribution in [0.15, 0.2) is 58.4 Å². The highest BCUT2D eigenvalue weighted by molar-refractivity contribution is 7.89. The molecule has 0 spiro atoms. The minimum atomic E-state index is -3.63. The normalized spacial score (nSPS) is 11.7. The quantitative estimate of drug-likeness (QED) is 0.701. The van der Waals surface area contributed by atoms with Crippen LogP contribution in [0.1, 0.15) is 5.56 Å². The first-order chi connectivity index (χ1) is 13.2. The Labute approximate surface area is 162 Å². The highest BCUT2D eigenvalue weighted by Gasteiger charge is 2.19. The third-order valence-electron chi connectivity index (χ3n) is 4.32. The number of rotatable bonds is 5. The molecule has 0 fully saturated rings. The molecule has 2 aromatic carbocycles. The molecular formula is C19H20N4O4S. The van der Waals surface area contributed by atoms with E-state index in [0.717, 1.165) is 8.99 Å². The van der Waals surface area contributed by atoms with Crippen LogP contribution in [0.4, 0.5) is 5.69 Å². The van der Waals surface area contributed by atoms with Crippen LogP contribution in [0, 0.1) is 6.92 Å². The molecule has 146 valence electrons. The molecule has 1 amide bonds. The van der Waals surface area contributed by atoms with Crippen LogP contribution in [0.5, 0.6) is 0 Å². The zero-order chi connectivity index (χ0) is 20.5. The van der Waals surface area contributed by atoms with Gasteiger partial charge < -0.3 is 5.32 Å². The average Bonchev–Trinajstić information content (AvgIpc) is 2.65. The summed E-state index contributed by atoms with van der Waals surface area (Å²) in [6, 6.07) is 11.5. The van der Waals surface area contributed by atoms with Gasteiger partial charge in [-0.1, -0.05) is 24.3 Å². The van der Waals surface area contributed by atoms with Crippen LogP contribution in [0.3, 0.4) is 0 Å². The Kier molecular flexibility index (Phi) is 5.30. The molecule has 0 aliphatic heterocycles. The molecule has 0 atom stereocenters. The van der Waals surface area contributed by atoms with Crippen LogP contribution in [0.2, 0.25) is 0 Å². The molecule has 0 radical (unpaired) electrons. The highest BCUT2D eigenvalue weighted by atomic mass is 32.2. The van der Waals surface area contributed by atoms with Crippen molar-refractivity contribution in [3.8, 4) is 0 Å². The second kappa shape index (κ2) is 7.53. The molecule has 28 heavy (non-hydrogen) atoms. The molecule has 0 unspecified atom stereocenters. The smallest absolute Gasteiger partial charge is 0.275 e. The number of amides is 1. The monoisotopic (exact) mass is 400 g/mol. The maximum absolute atomic E-state index is 12.5. The topological polar surface area (TPSA) is 101 Å². The van der Waals surface area contributed by atoms with Gasteiger partial charge in [-0.25, -0.2) is 17.4 Å². The van der Waals surface area contributed by atoms with Crippen LogP contribution < -0.4 is 10.9 Å². The molecule has 0 aliphatic rings. The summed E-state index contributed by atoms with van der Waals surface area (Å²) in [5, 5.41) is 7.86. The van der Waals surface area contributed by atoms with E-state index in [0.29, 0.717) is 22.0 Å². The van der Waals surface area contributed by atoms with Gasteiger partial charge >= 0.3 is 0 Å². The minimum absolute atomic E-state index is 0.0689. The number of nitrogens with one attached hydrogen (secondary N) is 1. The number of aryl methyl sites for hydroxylation is 1. The van der Waals surface area contributed by atoms with Crippen LogP contribution in [-0.4, -0.2) is 42.5 Å². The first-order valence-electron chi connectivity index (χ1n) is 8.48. The summed E-state index contributed by atoms with van der Waals surface area (Å²) >= 11 is 0. The molecule has 1 N–H and O–H groups in total. The number of carbonyl (C=O) groups is 1. The zero-order valence-corrected chi connectivity index (χ0v) is 16.5. The molecule has 0 saturated heterocycles. The molecule has 3 rings (SSSR count). The van der Waals surface area contributed by atoms with E-state index in [-0.39, 0.29) is 17.0 Å². The van der Waals surface area contributed by atoms with E-state index in [1.165, 1.54) is 32.4 Å².